The molecule has 2 heterocycles. The van der Waals surface area contributed by atoms with Gasteiger partial charge in [0.15, 0.2) is 0 Å². The topological polar surface area (TPSA) is 88.5 Å². The van der Waals surface area contributed by atoms with E-state index in [4.69, 9.17) is 9.84 Å². The lowest BCUT2D eigenvalue weighted by molar-refractivity contribution is -0.125. The number of thiazole rings is 1. The van der Waals surface area contributed by atoms with Crippen LogP contribution in [0.3, 0.4) is 0 Å². The summed E-state index contributed by atoms with van der Waals surface area (Å²) in [5.74, 6) is -1.16. The highest BCUT2D eigenvalue weighted by atomic mass is 32.1. The average Bonchev–Trinajstić information content (AvgIpc) is 2.92. The smallest absolute Gasteiger partial charge is 0.347 e. The van der Waals surface area contributed by atoms with Crippen molar-refractivity contribution in [1.82, 2.24) is 10.3 Å². The minimum atomic E-state index is -0.981. The third-order valence-electron chi connectivity index (χ3n) is 3.02. The maximum atomic E-state index is 11.9. The van der Waals surface area contributed by atoms with Gasteiger partial charge in [-0.05, 0) is 20.3 Å². The lowest BCUT2D eigenvalue weighted by Gasteiger charge is -2.07. The van der Waals surface area contributed by atoms with Crippen LogP contribution in [0.15, 0.2) is 0 Å². The number of hydrogen-bond donors (Lipinski definition) is 2. The number of rotatable bonds is 4. The average molecular weight is 284 g/mol. The zero-order chi connectivity index (χ0) is 14.0. The number of carboxylic acids is 1. The van der Waals surface area contributed by atoms with Crippen LogP contribution in [0.2, 0.25) is 0 Å². The van der Waals surface area contributed by atoms with Crippen LogP contribution in [0.1, 0.15) is 33.7 Å². The summed E-state index contributed by atoms with van der Waals surface area (Å²) in [6.45, 7) is 4.31. The van der Waals surface area contributed by atoms with Gasteiger partial charge in [0.1, 0.15) is 9.88 Å². The molecule has 6 nitrogen and oxygen atoms in total. The standard InChI is InChI=1S/C12H16N2O4S/c1-6-3-8(5-18-6)11(15)13-4-9-14-7(2)10(19-9)12(16)17/h6,8H,3-5H2,1-2H3,(H,13,15)(H,16,17). The summed E-state index contributed by atoms with van der Waals surface area (Å²) < 4.78 is 5.34. The molecule has 0 bridgehead atoms. The zero-order valence-corrected chi connectivity index (χ0v) is 11.6. The van der Waals surface area contributed by atoms with Gasteiger partial charge < -0.3 is 15.2 Å². The maximum absolute atomic E-state index is 11.9. The third-order valence-corrected chi connectivity index (χ3v) is 4.16. The van der Waals surface area contributed by atoms with E-state index < -0.39 is 5.97 Å². The fourth-order valence-corrected chi connectivity index (χ4v) is 2.88. The SMILES string of the molecule is Cc1nc(CNC(=O)C2COC(C)C2)sc1C(=O)O. The highest BCUT2D eigenvalue weighted by Gasteiger charge is 2.28. The number of amides is 1. The number of aromatic nitrogens is 1. The number of carboxylic acid groups (broad SMARTS) is 1. The monoisotopic (exact) mass is 284 g/mol. The summed E-state index contributed by atoms with van der Waals surface area (Å²) in [5, 5.41) is 12.3. The van der Waals surface area contributed by atoms with Gasteiger partial charge in [-0.25, -0.2) is 9.78 Å². The van der Waals surface area contributed by atoms with E-state index in [0.717, 1.165) is 17.8 Å². The predicted octanol–water partition coefficient (Wildman–Crippen LogP) is 1.19. The van der Waals surface area contributed by atoms with Gasteiger partial charge in [0, 0.05) is 0 Å². The molecule has 2 rings (SSSR count). The van der Waals surface area contributed by atoms with E-state index in [2.05, 4.69) is 10.3 Å². The molecule has 1 aliphatic heterocycles. The zero-order valence-electron chi connectivity index (χ0n) is 10.8. The number of nitrogens with zero attached hydrogens (tertiary/aromatic N) is 1. The number of aromatic carboxylic acids is 1. The Hall–Kier alpha value is -1.47. The second-order valence-electron chi connectivity index (χ2n) is 4.62. The van der Waals surface area contributed by atoms with Crippen LogP contribution in [0.4, 0.5) is 0 Å². The van der Waals surface area contributed by atoms with Crippen molar-refractivity contribution >= 4 is 23.2 Å². The van der Waals surface area contributed by atoms with Crippen LogP contribution >= 0.6 is 11.3 Å². The fraction of sp³-hybridized carbons (Fsp3) is 0.583. The molecule has 7 heteroatoms. The summed E-state index contributed by atoms with van der Waals surface area (Å²) in [5.41, 5.74) is 0.486. The van der Waals surface area contributed by atoms with Gasteiger partial charge >= 0.3 is 5.97 Å². The minimum absolute atomic E-state index is 0.0610. The van der Waals surface area contributed by atoms with Gasteiger partial charge in [-0.1, -0.05) is 0 Å². The molecule has 19 heavy (non-hydrogen) atoms. The third kappa shape index (κ3) is 3.30. The van der Waals surface area contributed by atoms with E-state index in [1.54, 1.807) is 6.92 Å². The summed E-state index contributed by atoms with van der Waals surface area (Å²) >= 11 is 1.10. The highest BCUT2D eigenvalue weighted by molar-refractivity contribution is 7.13. The Kier molecular flexibility index (Phi) is 4.16. The largest absolute Gasteiger partial charge is 0.477 e. The van der Waals surface area contributed by atoms with Crippen LogP contribution in [-0.2, 0) is 16.1 Å². The molecule has 2 N–H and O–H groups in total. The van der Waals surface area contributed by atoms with Crippen molar-refractivity contribution in [2.24, 2.45) is 5.92 Å². The molecule has 1 aromatic rings. The van der Waals surface area contributed by atoms with Crippen LogP contribution in [-0.4, -0.2) is 34.7 Å². The summed E-state index contributed by atoms with van der Waals surface area (Å²) in [6.07, 6.45) is 0.847. The predicted molar refractivity (Wildman–Crippen MR) is 69.2 cm³/mol. The minimum Gasteiger partial charge on any atom is -0.477 e. The second-order valence-corrected chi connectivity index (χ2v) is 5.71. The molecule has 0 saturated carbocycles. The Morgan fingerprint density at radius 3 is 2.84 bits per heavy atom. The van der Waals surface area contributed by atoms with Crippen LogP contribution in [0, 0.1) is 12.8 Å². The van der Waals surface area contributed by atoms with Crippen molar-refractivity contribution in [2.75, 3.05) is 6.61 Å². The molecule has 1 aliphatic rings. The maximum Gasteiger partial charge on any atom is 0.347 e. The Morgan fingerprint density at radius 1 is 1.58 bits per heavy atom. The Balaban J connectivity index is 1.90. The highest BCUT2D eigenvalue weighted by Crippen LogP contribution is 2.20. The molecule has 0 aliphatic carbocycles. The molecule has 2 atom stereocenters. The van der Waals surface area contributed by atoms with Gasteiger partial charge in [-0.3, -0.25) is 4.79 Å². The van der Waals surface area contributed by atoms with E-state index in [-0.39, 0.29) is 29.4 Å². The van der Waals surface area contributed by atoms with E-state index in [9.17, 15) is 9.59 Å². The molecular formula is C12H16N2O4S. The number of ether oxygens (including phenoxy) is 1. The Labute approximate surface area is 114 Å². The van der Waals surface area contributed by atoms with Gasteiger partial charge in [-0.15, -0.1) is 11.3 Å². The summed E-state index contributed by atoms with van der Waals surface area (Å²) in [6, 6.07) is 0. The van der Waals surface area contributed by atoms with Gasteiger partial charge in [0.05, 0.1) is 30.9 Å². The number of hydrogen-bond acceptors (Lipinski definition) is 5. The molecule has 0 spiro atoms. The van der Waals surface area contributed by atoms with Crippen LogP contribution in [0.5, 0.6) is 0 Å². The molecule has 1 amide bonds. The van der Waals surface area contributed by atoms with E-state index in [1.165, 1.54) is 0 Å². The summed E-state index contributed by atoms with van der Waals surface area (Å²) in [7, 11) is 0. The first-order valence-corrected chi connectivity index (χ1v) is 6.88. The molecule has 104 valence electrons. The van der Waals surface area contributed by atoms with Crippen molar-refractivity contribution in [1.29, 1.82) is 0 Å². The normalized spacial score (nSPS) is 22.4. The number of carbonyl (C=O) groups excluding carboxylic acids is 1. The van der Waals surface area contributed by atoms with Crippen molar-refractivity contribution in [3.8, 4) is 0 Å². The molecule has 2 unspecified atom stereocenters. The Morgan fingerprint density at radius 2 is 2.32 bits per heavy atom. The van der Waals surface area contributed by atoms with Crippen molar-refractivity contribution in [3.05, 3.63) is 15.6 Å². The van der Waals surface area contributed by atoms with E-state index in [1.807, 2.05) is 6.92 Å². The van der Waals surface area contributed by atoms with E-state index >= 15 is 0 Å². The molecule has 1 aromatic heterocycles. The molecule has 1 saturated heterocycles. The van der Waals surface area contributed by atoms with Crippen molar-refractivity contribution in [2.45, 2.75) is 32.9 Å². The summed E-state index contributed by atoms with van der Waals surface area (Å²) in [4.78, 5) is 27.1. The molecule has 0 aromatic carbocycles. The first-order valence-electron chi connectivity index (χ1n) is 6.06. The lowest BCUT2D eigenvalue weighted by Crippen LogP contribution is -2.30. The number of carbonyl (C=O) groups is 2. The van der Waals surface area contributed by atoms with Crippen LogP contribution in [0.25, 0.3) is 0 Å². The first-order chi connectivity index (χ1) is 8.97. The van der Waals surface area contributed by atoms with E-state index in [0.29, 0.717) is 17.3 Å². The second kappa shape index (κ2) is 5.66. The number of aryl methyl sites for hydroxylation is 1. The number of nitrogens with one attached hydrogen (secondary N) is 1. The van der Waals surface area contributed by atoms with Gasteiger partial charge in [0.25, 0.3) is 0 Å². The first kappa shape index (κ1) is 14.0. The van der Waals surface area contributed by atoms with Crippen molar-refractivity contribution in [3.63, 3.8) is 0 Å². The molecule has 0 radical (unpaired) electrons. The lowest BCUT2D eigenvalue weighted by atomic mass is 10.1. The molecular weight excluding hydrogens is 268 g/mol. The quantitative estimate of drug-likeness (QED) is 0.867. The molecule has 1 fully saturated rings. The van der Waals surface area contributed by atoms with Gasteiger partial charge in [0.2, 0.25) is 5.91 Å². The Bertz CT molecular complexity index is 500. The van der Waals surface area contributed by atoms with Crippen LogP contribution < -0.4 is 5.32 Å². The van der Waals surface area contributed by atoms with Gasteiger partial charge in [-0.2, -0.15) is 0 Å². The van der Waals surface area contributed by atoms with Crippen molar-refractivity contribution < 1.29 is 19.4 Å². The fourth-order valence-electron chi connectivity index (χ4n) is 2.03.